The highest BCUT2D eigenvalue weighted by Gasteiger charge is 2.49. The van der Waals surface area contributed by atoms with Crippen molar-refractivity contribution in [1.29, 1.82) is 0 Å². The van der Waals surface area contributed by atoms with Gasteiger partial charge in [-0.05, 0) is 67.2 Å². The quantitative estimate of drug-likeness (QED) is 0.833. The topological polar surface area (TPSA) is 26.0 Å². The van der Waals surface area contributed by atoms with Crippen molar-refractivity contribution in [2.45, 2.75) is 43.4 Å². The lowest BCUT2D eigenvalue weighted by molar-refractivity contribution is 0.455. The fraction of sp³-hybridized carbons (Fsp3) is 0.571. The zero-order valence-corrected chi connectivity index (χ0v) is 10.3. The van der Waals surface area contributed by atoms with E-state index in [0.29, 0.717) is 11.3 Å². The minimum atomic E-state index is 0.457. The van der Waals surface area contributed by atoms with E-state index >= 15 is 0 Å². The van der Waals surface area contributed by atoms with Gasteiger partial charge in [0.1, 0.15) is 0 Å². The summed E-state index contributed by atoms with van der Waals surface area (Å²) in [5, 5.41) is 0.983. The lowest BCUT2D eigenvalue weighted by Gasteiger charge is -2.32. The second kappa shape index (κ2) is 3.75. The predicted molar refractivity (Wildman–Crippen MR) is 68.0 cm³/mol. The minimum absolute atomic E-state index is 0.457. The number of nitrogens with two attached hydrogens (primary N) is 1. The smallest absolute Gasteiger partial charge is 0.0446 e. The summed E-state index contributed by atoms with van der Waals surface area (Å²) in [4.78, 5) is 0. The first kappa shape index (κ1) is 10.6. The number of benzene rings is 1. The van der Waals surface area contributed by atoms with Crippen LogP contribution in [0.15, 0.2) is 18.2 Å². The second-order valence-electron chi connectivity index (χ2n) is 5.30. The molecule has 3 rings (SSSR count). The van der Waals surface area contributed by atoms with Crippen LogP contribution >= 0.6 is 11.6 Å². The van der Waals surface area contributed by atoms with E-state index in [9.17, 15) is 0 Å². The molecule has 2 N–H and O–H groups in total. The molecule has 1 nitrogen and oxygen atoms in total. The molecule has 2 aliphatic rings. The Labute approximate surface area is 102 Å². The summed E-state index contributed by atoms with van der Waals surface area (Å²) in [6.07, 6.45) is 6.38. The van der Waals surface area contributed by atoms with Crippen LogP contribution in [0.4, 0.5) is 0 Å². The van der Waals surface area contributed by atoms with Gasteiger partial charge in [0.25, 0.3) is 0 Å². The van der Waals surface area contributed by atoms with Gasteiger partial charge >= 0.3 is 0 Å². The summed E-state index contributed by atoms with van der Waals surface area (Å²) in [6, 6.07) is 6.40. The summed E-state index contributed by atoms with van der Waals surface area (Å²) in [5.41, 5.74) is 9.11. The number of halogens is 1. The molecule has 1 atom stereocenters. The van der Waals surface area contributed by atoms with E-state index in [1.54, 1.807) is 0 Å². The fourth-order valence-corrected chi connectivity index (χ4v) is 3.71. The average molecular weight is 236 g/mol. The van der Waals surface area contributed by atoms with Crippen molar-refractivity contribution in [3.8, 4) is 0 Å². The molecule has 0 radical (unpaired) electrons. The molecule has 0 aliphatic heterocycles. The molecule has 16 heavy (non-hydrogen) atoms. The highest BCUT2D eigenvalue weighted by atomic mass is 35.5. The monoisotopic (exact) mass is 235 g/mol. The lowest BCUT2D eigenvalue weighted by atomic mass is 9.73. The Morgan fingerprint density at radius 1 is 1.31 bits per heavy atom. The lowest BCUT2D eigenvalue weighted by Crippen LogP contribution is -2.21. The van der Waals surface area contributed by atoms with Crippen molar-refractivity contribution < 1.29 is 0 Å². The Morgan fingerprint density at radius 2 is 2.12 bits per heavy atom. The summed E-state index contributed by atoms with van der Waals surface area (Å²) in [5.74, 6) is 0.643. The maximum Gasteiger partial charge on any atom is 0.0446 e. The molecule has 1 fully saturated rings. The Hall–Kier alpha value is -0.530. The van der Waals surface area contributed by atoms with Crippen LogP contribution < -0.4 is 5.73 Å². The third-order valence-electron chi connectivity index (χ3n) is 4.36. The van der Waals surface area contributed by atoms with Crippen LogP contribution in [0.2, 0.25) is 5.02 Å². The van der Waals surface area contributed by atoms with Gasteiger partial charge in [-0.3, -0.25) is 0 Å². The maximum absolute atomic E-state index is 6.40. The molecule has 1 spiro atoms. The molecule has 1 saturated carbocycles. The third-order valence-corrected chi connectivity index (χ3v) is 4.67. The molecule has 2 heteroatoms. The number of hydrogen-bond donors (Lipinski definition) is 1. The standard InChI is InChI=1S/C14H18ClN/c15-12-3-1-2-11-10(5-9-16)4-6-14(7-8-14)13(11)12/h1-3,10H,4-9,16H2. The van der Waals surface area contributed by atoms with Crippen molar-refractivity contribution in [3.05, 3.63) is 34.3 Å². The van der Waals surface area contributed by atoms with Crippen LogP contribution in [0, 0.1) is 0 Å². The Kier molecular flexibility index (Phi) is 2.49. The molecule has 0 heterocycles. The van der Waals surface area contributed by atoms with E-state index in [2.05, 4.69) is 12.1 Å². The molecule has 1 aromatic carbocycles. The first-order valence-electron chi connectivity index (χ1n) is 6.26. The van der Waals surface area contributed by atoms with Crippen molar-refractivity contribution >= 4 is 11.6 Å². The molecule has 0 saturated heterocycles. The van der Waals surface area contributed by atoms with Gasteiger partial charge < -0.3 is 5.73 Å². The zero-order chi connectivity index (χ0) is 11.2. The van der Waals surface area contributed by atoms with Gasteiger partial charge in [-0.2, -0.15) is 0 Å². The van der Waals surface area contributed by atoms with Crippen LogP contribution in [-0.4, -0.2) is 6.54 Å². The van der Waals surface area contributed by atoms with Gasteiger partial charge in [0.05, 0.1) is 0 Å². The van der Waals surface area contributed by atoms with Gasteiger partial charge in [-0.1, -0.05) is 23.7 Å². The SMILES string of the molecule is NCCC1CCC2(CC2)c2c(Cl)cccc21. The molecule has 0 amide bonds. The third kappa shape index (κ3) is 1.49. The molecule has 1 unspecified atom stereocenters. The average Bonchev–Trinajstić information content (AvgIpc) is 3.04. The van der Waals surface area contributed by atoms with E-state index in [1.165, 1.54) is 36.8 Å². The summed E-state index contributed by atoms with van der Waals surface area (Å²) >= 11 is 6.40. The second-order valence-corrected chi connectivity index (χ2v) is 5.70. The number of hydrogen-bond acceptors (Lipinski definition) is 1. The highest BCUT2D eigenvalue weighted by Crippen LogP contribution is 2.59. The zero-order valence-electron chi connectivity index (χ0n) is 9.51. The normalized spacial score (nSPS) is 25.5. The van der Waals surface area contributed by atoms with Crippen LogP contribution in [0.1, 0.15) is 49.1 Å². The Bertz CT molecular complexity index is 409. The van der Waals surface area contributed by atoms with Crippen molar-refractivity contribution in [1.82, 2.24) is 0 Å². The molecule has 86 valence electrons. The minimum Gasteiger partial charge on any atom is -0.330 e. The highest BCUT2D eigenvalue weighted by molar-refractivity contribution is 6.31. The fourth-order valence-electron chi connectivity index (χ4n) is 3.32. The van der Waals surface area contributed by atoms with E-state index in [-0.39, 0.29) is 0 Å². The van der Waals surface area contributed by atoms with Gasteiger partial charge in [0.15, 0.2) is 0 Å². The summed E-state index contributed by atoms with van der Waals surface area (Å²) in [6.45, 7) is 0.781. The predicted octanol–water partition coefficient (Wildman–Crippen LogP) is 3.60. The first-order chi connectivity index (χ1) is 7.77. The van der Waals surface area contributed by atoms with Gasteiger partial charge in [-0.25, -0.2) is 0 Å². The molecule has 0 bridgehead atoms. The van der Waals surface area contributed by atoms with Crippen molar-refractivity contribution in [3.63, 3.8) is 0 Å². The largest absolute Gasteiger partial charge is 0.330 e. The summed E-state index contributed by atoms with van der Waals surface area (Å²) in [7, 11) is 0. The van der Waals surface area contributed by atoms with Gasteiger partial charge in [0, 0.05) is 5.02 Å². The molecular formula is C14H18ClN. The summed E-state index contributed by atoms with van der Waals surface area (Å²) < 4.78 is 0. The van der Waals surface area contributed by atoms with Crippen molar-refractivity contribution in [2.24, 2.45) is 5.73 Å². The van der Waals surface area contributed by atoms with Crippen LogP contribution in [-0.2, 0) is 5.41 Å². The van der Waals surface area contributed by atoms with Gasteiger partial charge in [0.2, 0.25) is 0 Å². The van der Waals surface area contributed by atoms with Gasteiger partial charge in [-0.15, -0.1) is 0 Å². The van der Waals surface area contributed by atoms with E-state index in [0.717, 1.165) is 18.0 Å². The Balaban J connectivity index is 2.07. The van der Waals surface area contributed by atoms with E-state index in [1.807, 2.05) is 6.07 Å². The molecule has 0 aromatic heterocycles. The van der Waals surface area contributed by atoms with E-state index in [4.69, 9.17) is 17.3 Å². The first-order valence-corrected chi connectivity index (χ1v) is 6.64. The Morgan fingerprint density at radius 3 is 2.81 bits per heavy atom. The number of fused-ring (bicyclic) bond motifs is 2. The number of rotatable bonds is 2. The molecule has 2 aliphatic carbocycles. The van der Waals surface area contributed by atoms with Crippen LogP contribution in [0.3, 0.4) is 0 Å². The maximum atomic E-state index is 6.40. The van der Waals surface area contributed by atoms with Crippen LogP contribution in [0.25, 0.3) is 0 Å². The molecular weight excluding hydrogens is 218 g/mol. The molecule has 1 aromatic rings. The van der Waals surface area contributed by atoms with Crippen molar-refractivity contribution in [2.75, 3.05) is 6.54 Å². The van der Waals surface area contributed by atoms with Crippen LogP contribution in [0.5, 0.6) is 0 Å². The van der Waals surface area contributed by atoms with E-state index < -0.39 is 0 Å².